The Hall–Kier alpha value is -1.39. The van der Waals surface area contributed by atoms with Crippen molar-refractivity contribution < 1.29 is 9.53 Å². The van der Waals surface area contributed by atoms with E-state index in [4.69, 9.17) is 22.1 Å². The highest BCUT2D eigenvalue weighted by molar-refractivity contribution is 6.32. The SMILES string of the molecule is NC12CC3CC(C1)CC(OC1=CC4=CC=NC(=O)C4C=C1Cl)(C3)C2. The third-order valence-electron chi connectivity index (χ3n) is 6.32. The molecule has 5 aliphatic carbocycles. The molecule has 5 heteroatoms. The minimum absolute atomic E-state index is 0.0647. The van der Waals surface area contributed by atoms with Crippen LogP contribution in [0.25, 0.3) is 0 Å². The normalized spacial score (nSPS) is 45.5. The Labute approximate surface area is 146 Å². The van der Waals surface area contributed by atoms with Crippen molar-refractivity contribution in [2.45, 2.75) is 49.7 Å². The molecule has 4 nitrogen and oxygen atoms in total. The predicted octanol–water partition coefficient (Wildman–Crippen LogP) is 3.23. The van der Waals surface area contributed by atoms with E-state index >= 15 is 0 Å². The molecule has 1 amide bonds. The number of rotatable bonds is 2. The highest BCUT2D eigenvalue weighted by Crippen LogP contribution is 2.59. The van der Waals surface area contributed by atoms with E-state index in [0.29, 0.717) is 22.6 Å². The third-order valence-corrected chi connectivity index (χ3v) is 6.63. The Balaban J connectivity index is 1.46. The summed E-state index contributed by atoms with van der Waals surface area (Å²) in [5.74, 6) is 1.51. The lowest BCUT2D eigenvalue weighted by atomic mass is 9.51. The minimum atomic E-state index is -0.368. The van der Waals surface area contributed by atoms with Gasteiger partial charge < -0.3 is 10.5 Å². The molecular formula is C19H21ClN2O2. The molecule has 1 heterocycles. The van der Waals surface area contributed by atoms with Crippen LogP contribution in [0, 0.1) is 17.8 Å². The maximum atomic E-state index is 11.9. The van der Waals surface area contributed by atoms with Gasteiger partial charge in [0, 0.05) is 18.2 Å². The Morgan fingerprint density at radius 1 is 1.25 bits per heavy atom. The van der Waals surface area contributed by atoms with E-state index in [2.05, 4.69) is 4.99 Å². The van der Waals surface area contributed by atoms with Crippen LogP contribution in [0.2, 0.25) is 0 Å². The van der Waals surface area contributed by atoms with Crippen molar-refractivity contribution in [2.75, 3.05) is 0 Å². The van der Waals surface area contributed by atoms with Gasteiger partial charge in [-0.05, 0) is 67.7 Å². The smallest absolute Gasteiger partial charge is 0.257 e. The number of nitrogens with zero attached hydrogens (tertiary/aromatic N) is 1. The van der Waals surface area contributed by atoms with Crippen molar-refractivity contribution in [1.82, 2.24) is 0 Å². The zero-order chi connectivity index (χ0) is 16.5. The summed E-state index contributed by atoms with van der Waals surface area (Å²) in [6, 6.07) is 0. The summed E-state index contributed by atoms with van der Waals surface area (Å²) in [5.41, 5.74) is 7.31. The summed E-state index contributed by atoms with van der Waals surface area (Å²) < 4.78 is 6.54. The first-order valence-corrected chi connectivity index (χ1v) is 9.17. The summed E-state index contributed by atoms with van der Waals surface area (Å²) >= 11 is 6.45. The van der Waals surface area contributed by atoms with Gasteiger partial charge in [-0.25, -0.2) is 4.99 Å². The molecule has 3 unspecified atom stereocenters. The first-order valence-electron chi connectivity index (χ1n) is 8.79. The average Bonchev–Trinajstić information content (AvgIpc) is 2.46. The molecule has 0 spiro atoms. The van der Waals surface area contributed by atoms with Crippen molar-refractivity contribution in [3.63, 3.8) is 0 Å². The van der Waals surface area contributed by atoms with E-state index in [1.54, 1.807) is 12.3 Å². The van der Waals surface area contributed by atoms with E-state index in [1.807, 2.05) is 12.2 Å². The molecule has 3 atom stereocenters. The standard InChI is InChI=1S/C19H21ClN2O2/c20-15-5-14-13(1-2-22-17(14)23)4-16(15)24-19-8-11-3-12(9-19)7-18(21,6-11)10-19/h1-2,4-5,11-12,14H,3,6-10,21H2. The molecule has 0 aromatic heterocycles. The highest BCUT2D eigenvalue weighted by Gasteiger charge is 2.58. The monoisotopic (exact) mass is 344 g/mol. The van der Waals surface area contributed by atoms with Gasteiger partial charge in [-0.3, -0.25) is 4.79 Å². The van der Waals surface area contributed by atoms with Gasteiger partial charge in [0.2, 0.25) is 0 Å². The number of dihydropyridines is 1. The summed E-state index contributed by atoms with van der Waals surface area (Å²) in [7, 11) is 0. The number of nitrogens with two attached hydrogens (primary N) is 1. The van der Waals surface area contributed by atoms with E-state index < -0.39 is 0 Å². The molecule has 6 aliphatic rings. The molecular weight excluding hydrogens is 324 g/mol. The molecule has 4 saturated carbocycles. The number of carbonyl (C=O) groups excluding carboxylic acids is 1. The number of amides is 1. The summed E-state index contributed by atoms with van der Waals surface area (Å²) in [4.78, 5) is 15.7. The average molecular weight is 345 g/mol. The van der Waals surface area contributed by atoms with Gasteiger partial charge in [0.25, 0.3) is 5.91 Å². The number of carbonyl (C=O) groups is 1. The second-order valence-electron chi connectivity index (χ2n) is 8.39. The fourth-order valence-electron chi connectivity index (χ4n) is 5.96. The van der Waals surface area contributed by atoms with E-state index in [-0.39, 0.29) is 23.0 Å². The van der Waals surface area contributed by atoms with Crippen LogP contribution >= 0.6 is 11.6 Å². The first-order chi connectivity index (χ1) is 11.4. The second-order valence-corrected chi connectivity index (χ2v) is 8.80. The quantitative estimate of drug-likeness (QED) is 0.836. The zero-order valence-corrected chi connectivity index (χ0v) is 14.3. The van der Waals surface area contributed by atoms with Gasteiger partial charge in [0.05, 0.1) is 11.0 Å². The molecule has 126 valence electrons. The van der Waals surface area contributed by atoms with Crippen LogP contribution in [0.15, 0.2) is 39.6 Å². The molecule has 0 radical (unpaired) electrons. The van der Waals surface area contributed by atoms with Crippen LogP contribution in [0.5, 0.6) is 0 Å². The fraction of sp³-hybridized carbons (Fsp3) is 0.579. The Bertz CT molecular complexity index is 734. The lowest BCUT2D eigenvalue weighted by molar-refractivity contribution is -0.144. The molecule has 0 saturated heterocycles. The van der Waals surface area contributed by atoms with Gasteiger partial charge >= 0.3 is 0 Å². The maximum Gasteiger partial charge on any atom is 0.257 e. The van der Waals surface area contributed by atoms with Crippen LogP contribution in [0.4, 0.5) is 0 Å². The van der Waals surface area contributed by atoms with Gasteiger partial charge in [-0.2, -0.15) is 0 Å². The third kappa shape index (κ3) is 2.23. The van der Waals surface area contributed by atoms with Gasteiger partial charge in [-0.15, -0.1) is 0 Å². The molecule has 4 fully saturated rings. The van der Waals surface area contributed by atoms with Crippen molar-refractivity contribution in [1.29, 1.82) is 0 Å². The lowest BCUT2D eigenvalue weighted by Gasteiger charge is -2.60. The molecule has 24 heavy (non-hydrogen) atoms. The fourth-order valence-corrected chi connectivity index (χ4v) is 6.18. The number of hydrogen-bond donors (Lipinski definition) is 1. The van der Waals surface area contributed by atoms with Gasteiger partial charge in [0.1, 0.15) is 11.4 Å². The number of allylic oxidation sites excluding steroid dienone is 3. The van der Waals surface area contributed by atoms with Crippen molar-refractivity contribution in [2.24, 2.45) is 28.5 Å². The minimum Gasteiger partial charge on any atom is -0.486 e. The van der Waals surface area contributed by atoms with Crippen molar-refractivity contribution in [3.8, 4) is 0 Å². The van der Waals surface area contributed by atoms with E-state index in [0.717, 1.165) is 37.7 Å². The molecule has 1 aliphatic heterocycles. The highest BCUT2D eigenvalue weighted by atomic mass is 35.5. The van der Waals surface area contributed by atoms with Crippen molar-refractivity contribution >= 4 is 23.7 Å². The number of aliphatic imine (C=N–C) groups is 1. The zero-order valence-electron chi connectivity index (χ0n) is 13.5. The first kappa shape index (κ1) is 14.9. The van der Waals surface area contributed by atoms with Crippen molar-refractivity contribution in [3.05, 3.63) is 34.6 Å². The molecule has 0 aromatic carbocycles. The predicted molar refractivity (Wildman–Crippen MR) is 92.5 cm³/mol. The summed E-state index contributed by atoms with van der Waals surface area (Å²) in [6.45, 7) is 0. The second kappa shape index (κ2) is 4.83. The molecule has 6 rings (SSSR count). The van der Waals surface area contributed by atoms with Crippen LogP contribution in [0.1, 0.15) is 38.5 Å². The largest absolute Gasteiger partial charge is 0.486 e. The Kier molecular flexibility index (Phi) is 3.00. The number of fused-ring (bicyclic) bond motifs is 1. The van der Waals surface area contributed by atoms with Gasteiger partial charge in [-0.1, -0.05) is 11.6 Å². The maximum absolute atomic E-state index is 11.9. The van der Waals surface area contributed by atoms with Crippen LogP contribution < -0.4 is 5.73 Å². The Morgan fingerprint density at radius 2 is 2.00 bits per heavy atom. The molecule has 0 aromatic rings. The van der Waals surface area contributed by atoms with E-state index in [9.17, 15) is 4.79 Å². The number of hydrogen-bond acceptors (Lipinski definition) is 3. The molecule has 4 bridgehead atoms. The summed E-state index contributed by atoms with van der Waals surface area (Å²) in [5, 5.41) is 0.518. The van der Waals surface area contributed by atoms with Gasteiger partial charge in [0.15, 0.2) is 0 Å². The Morgan fingerprint density at radius 3 is 2.71 bits per heavy atom. The number of halogens is 1. The van der Waals surface area contributed by atoms with E-state index in [1.165, 1.54) is 6.42 Å². The number of ether oxygens (including phenoxy) is 1. The van der Waals surface area contributed by atoms with Crippen LogP contribution in [-0.4, -0.2) is 23.3 Å². The lowest BCUT2D eigenvalue weighted by Crippen LogP contribution is -2.63. The summed E-state index contributed by atoms with van der Waals surface area (Å²) in [6.07, 6.45) is 13.7. The topological polar surface area (TPSA) is 64.7 Å². The van der Waals surface area contributed by atoms with Crippen LogP contribution in [0.3, 0.4) is 0 Å². The molecule has 2 N–H and O–H groups in total. The van der Waals surface area contributed by atoms with Crippen LogP contribution in [-0.2, 0) is 9.53 Å².